The van der Waals surface area contributed by atoms with Gasteiger partial charge in [-0.1, -0.05) is 5.16 Å². The highest BCUT2D eigenvalue weighted by atomic mass is 32.2. The number of hydrogen-bond acceptors (Lipinski definition) is 10. The summed E-state index contributed by atoms with van der Waals surface area (Å²) < 4.78 is 5.40. The molecule has 24 heavy (non-hydrogen) atoms. The first-order valence-corrected chi connectivity index (χ1v) is 7.72. The van der Waals surface area contributed by atoms with Crippen molar-refractivity contribution in [3.8, 4) is 0 Å². The molecule has 0 saturated carbocycles. The molecule has 3 rings (SSSR count). The van der Waals surface area contributed by atoms with E-state index in [-0.39, 0.29) is 10.7 Å². The van der Waals surface area contributed by atoms with Crippen molar-refractivity contribution in [2.24, 2.45) is 5.16 Å². The van der Waals surface area contributed by atoms with Crippen LogP contribution in [0.4, 0.5) is 5.69 Å². The molecular weight excluding hydrogens is 344 g/mol. The zero-order valence-electron chi connectivity index (χ0n) is 12.1. The van der Waals surface area contributed by atoms with Crippen LogP contribution in [-0.4, -0.2) is 66.5 Å². The van der Waals surface area contributed by atoms with Crippen LogP contribution in [0.5, 0.6) is 0 Å². The molecule has 0 aromatic heterocycles. The van der Waals surface area contributed by atoms with E-state index >= 15 is 0 Å². The van der Waals surface area contributed by atoms with Crippen molar-refractivity contribution in [2.45, 2.75) is 29.5 Å². The molecule has 1 saturated heterocycles. The first-order chi connectivity index (χ1) is 11.4. The summed E-state index contributed by atoms with van der Waals surface area (Å²) in [5.74, 6) is 0. The molecule has 130 valence electrons. The molecule has 2 aliphatic rings. The van der Waals surface area contributed by atoms with Crippen molar-refractivity contribution in [3.05, 3.63) is 39.9 Å². The van der Waals surface area contributed by atoms with Gasteiger partial charge in [-0.3, -0.25) is 10.1 Å². The van der Waals surface area contributed by atoms with Crippen LogP contribution in [0.2, 0.25) is 0 Å². The summed E-state index contributed by atoms with van der Waals surface area (Å²) in [7, 11) is 0. The fraction of sp³-hybridized carbons (Fsp3) is 0.462. The second-order valence-electron chi connectivity index (χ2n) is 5.26. The monoisotopic (exact) mass is 358 g/mol. The fourth-order valence-electron chi connectivity index (χ4n) is 2.39. The molecule has 0 amide bonds. The van der Waals surface area contributed by atoms with Crippen molar-refractivity contribution in [1.29, 1.82) is 0 Å². The quantitative estimate of drug-likeness (QED) is 0.399. The maximum absolute atomic E-state index is 10.7. The maximum Gasteiger partial charge on any atom is 0.320 e. The molecule has 2 heterocycles. The number of benzene rings is 1. The standard InChI is InChI=1S/C13H14N2O8S/c16-5-8-9(17)10(18)11(19)13(22-8)23-14-12(24-13)6-1-3-7(4-2-6)15(20)21/h1-4,8-11,16-19H,5H2/t8-,9-,10+,11-,13+/m1/s1. The number of nitrogens with zero attached hydrogens (tertiary/aromatic N) is 2. The van der Waals surface area contributed by atoms with E-state index in [4.69, 9.17) is 9.57 Å². The summed E-state index contributed by atoms with van der Waals surface area (Å²) in [5, 5.41) is 52.0. The summed E-state index contributed by atoms with van der Waals surface area (Å²) in [6.07, 6.45) is -5.88. The van der Waals surface area contributed by atoms with Gasteiger partial charge in [0.25, 0.3) is 5.69 Å². The van der Waals surface area contributed by atoms with Crippen molar-refractivity contribution in [2.75, 3.05) is 6.61 Å². The van der Waals surface area contributed by atoms with Gasteiger partial charge in [0, 0.05) is 17.7 Å². The van der Waals surface area contributed by atoms with Gasteiger partial charge in [-0.2, -0.15) is 0 Å². The molecule has 1 fully saturated rings. The summed E-state index contributed by atoms with van der Waals surface area (Å²) in [6.45, 7) is -0.594. The molecule has 11 heteroatoms. The predicted octanol–water partition coefficient (Wildman–Crippen LogP) is -0.853. The third-order valence-electron chi connectivity index (χ3n) is 3.73. The van der Waals surface area contributed by atoms with E-state index in [0.717, 1.165) is 11.8 Å². The van der Waals surface area contributed by atoms with Gasteiger partial charge in [0.2, 0.25) is 0 Å². The molecule has 0 unspecified atom stereocenters. The number of nitro benzene ring substituents is 1. The van der Waals surface area contributed by atoms with Crippen LogP contribution in [0, 0.1) is 10.1 Å². The Hall–Kier alpha value is -1.76. The Kier molecular flexibility index (Phi) is 4.46. The number of aliphatic hydroxyl groups excluding tert-OH is 4. The van der Waals surface area contributed by atoms with Crippen molar-refractivity contribution < 1.29 is 34.9 Å². The second-order valence-corrected chi connectivity index (χ2v) is 6.42. The Bertz CT molecular complexity index is 666. The number of hydrogen-bond donors (Lipinski definition) is 4. The lowest BCUT2D eigenvalue weighted by atomic mass is 9.99. The van der Waals surface area contributed by atoms with E-state index < -0.39 is 41.1 Å². The average molecular weight is 358 g/mol. The molecule has 10 nitrogen and oxygen atoms in total. The van der Waals surface area contributed by atoms with Gasteiger partial charge in [-0.15, -0.1) is 0 Å². The van der Waals surface area contributed by atoms with Gasteiger partial charge in [-0.05, 0) is 23.9 Å². The van der Waals surface area contributed by atoms with E-state index in [0.29, 0.717) is 5.56 Å². The molecular formula is C13H14N2O8S. The second kappa shape index (κ2) is 6.27. The lowest BCUT2D eigenvalue weighted by Gasteiger charge is -2.43. The number of aliphatic hydroxyl groups is 4. The van der Waals surface area contributed by atoms with Crippen LogP contribution in [0.1, 0.15) is 5.56 Å². The normalized spacial score (nSPS) is 35.6. The Labute approximate surface area is 139 Å². The maximum atomic E-state index is 10.7. The molecule has 0 bridgehead atoms. The van der Waals surface area contributed by atoms with Crippen LogP contribution in [-0.2, 0) is 9.57 Å². The highest BCUT2D eigenvalue weighted by molar-refractivity contribution is 8.15. The van der Waals surface area contributed by atoms with Crippen LogP contribution >= 0.6 is 11.8 Å². The SMILES string of the molecule is O=[N+]([O-])c1ccc(C2=NO[C@]3(O[C@H](CO)[C@@H](O)[C@H](O)[C@H]3O)S2)cc1. The van der Waals surface area contributed by atoms with Gasteiger partial charge >= 0.3 is 5.12 Å². The number of nitro groups is 1. The van der Waals surface area contributed by atoms with Crippen LogP contribution in [0.15, 0.2) is 29.4 Å². The minimum Gasteiger partial charge on any atom is -0.394 e. The molecule has 0 radical (unpaired) electrons. The molecule has 5 atom stereocenters. The first kappa shape index (κ1) is 17.1. The smallest absolute Gasteiger partial charge is 0.320 e. The lowest BCUT2D eigenvalue weighted by molar-refractivity contribution is -0.384. The number of non-ortho nitro benzene ring substituents is 1. The lowest BCUT2D eigenvalue weighted by Crippen LogP contribution is -2.63. The topological polar surface area (TPSA) is 155 Å². The van der Waals surface area contributed by atoms with Crippen molar-refractivity contribution >= 4 is 22.5 Å². The Morgan fingerprint density at radius 3 is 2.50 bits per heavy atom. The summed E-state index contributed by atoms with van der Waals surface area (Å²) >= 11 is 0.838. The predicted molar refractivity (Wildman–Crippen MR) is 81.0 cm³/mol. The number of ether oxygens (including phenoxy) is 1. The van der Waals surface area contributed by atoms with E-state index in [1.165, 1.54) is 24.3 Å². The van der Waals surface area contributed by atoms with E-state index in [2.05, 4.69) is 5.16 Å². The highest BCUT2D eigenvalue weighted by Gasteiger charge is 2.59. The van der Waals surface area contributed by atoms with Crippen molar-refractivity contribution in [1.82, 2.24) is 0 Å². The average Bonchev–Trinajstić information content (AvgIpc) is 3.02. The van der Waals surface area contributed by atoms with E-state index in [1.54, 1.807) is 0 Å². The Morgan fingerprint density at radius 1 is 1.25 bits per heavy atom. The zero-order chi connectivity index (χ0) is 17.5. The molecule has 1 aromatic rings. The van der Waals surface area contributed by atoms with E-state index in [1.807, 2.05) is 0 Å². The molecule has 1 spiro atoms. The van der Waals surface area contributed by atoms with Crippen LogP contribution < -0.4 is 0 Å². The number of rotatable bonds is 3. The van der Waals surface area contributed by atoms with Crippen LogP contribution in [0.3, 0.4) is 0 Å². The number of oxime groups is 1. The van der Waals surface area contributed by atoms with E-state index in [9.17, 15) is 30.5 Å². The number of thioether (sulfide) groups is 1. The third kappa shape index (κ3) is 2.75. The van der Waals surface area contributed by atoms with Crippen molar-refractivity contribution in [3.63, 3.8) is 0 Å². The van der Waals surface area contributed by atoms with Gasteiger partial charge in [0.15, 0.2) is 6.10 Å². The summed E-state index contributed by atoms with van der Waals surface area (Å²) in [6, 6.07) is 5.49. The van der Waals surface area contributed by atoms with Gasteiger partial charge in [0.05, 0.1) is 11.5 Å². The third-order valence-corrected chi connectivity index (χ3v) is 4.93. The largest absolute Gasteiger partial charge is 0.394 e. The van der Waals surface area contributed by atoms with Gasteiger partial charge < -0.3 is 30.0 Å². The molecule has 1 aromatic carbocycles. The molecule has 0 aliphatic carbocycles. The first-order valence-electron chi connectivity index (χ1n) is 6.91. The van der Waals surface area contributed by atoms with Gasteiger partial charge in [0.1, 0.15) is 23.4 Å². The Balaban J connectivity index is 1.81. The zero-order valence-corrected chi connectivity index (χ0v) is 12.9. The minimum absolute atomic E-state index is 0.0918. The molecule has 2 aliphatic heterocycles. The van der Waals surface area contributed by atoms with Crippen LogP contribution in [0.25, 0.3) is 0 Å². The highest BCUT2D eigenvalue weighted by Crippen LogP contribution is 2.45. The van der Waals surface area contributed by atoms with Gasteiger partial charge in [-0.25, -0.2) is 0 Å². The Morgan fingerprint density at radius 2 is 1.92 bits per heavy atom. The summed E-state index contributed by atoms with van der Waals surface area (Å²) in [4.78, 5) is 15.3. The molecule has 4 N–H and O–H groups in total. The summed E-state index contributed by atoms with van der Waals surface area (Å²) in [5.41, 5.74) is 0.394. The minimum atomic E-state index is -1.82. The fourth-order valence-corrected chi connectivity index (χ4v) is 3.49.